The van der Waals surface area contributed by atoms with Gasteiger partial charge in [0.15, 0.2) is 17.4 Å². The molecule has 2 aliphatic heterocycles. The summed E-state index contributed by atoms with van der Waals surface area (Å²) >= 11 is 0. The van der Waals surface area contributed by atoms with Crippen molar-refractivity contribution in [3.05, 3.63) is 53.6 Å². The Morgan fingerprint density at radius 1 is 1.12 bits per heavy atom. The highest BCUT2D eigenvalue weighted by Crippen LogP contribution is 2.32. The van der Waals surface area contributed by atoms with Gasteiger partial charge in [0, 0.05) is 76.9 Å². The van der Waals surface area contributed by atoms with Gasteiger partial charge in [0.1, 0.15) is 17.6 Å². The third kappa shape index (κ3) is 4.88. The van der Waals surface area contributed by atoms with Gasteiger partial charge < -0.3 is 14.4 Å². The lowest BCUT2D eigenvalue weighted by atomic mass is 10.1. The summed E-state index contributed by atoms with van der Waals surface area (Å²) < 4.78 is 38.2. The molecule has 1 N–H and O–H groups in total. The highest BCUT2D eigenvalue weighted by atomic mass is 19.1. The summed E-state index contributed by atoms with van der Waals surface area (Å²) in [6.07, 6.45) is 5.69. The number of halogens is 2. The van der Waals surface area contributed by atoms with Crippen LogP contribution in [0.1, 0.15) is 24.2 Å². The van der Waals surface area contributed by atoms with E-state index in [-0.39, 0.29) is 11.9 Å². The van der Waals surface area contributed by atoms with Crippen LogP contribution >= 0.6 is 0 Å². The monoisotopic (exact) mass is 470 g/mol. The van der Waals surface area contributed by atoms with Crippen LogP contribution in [0.15, 0.2) is 30.6 Å². The van der Waals surface area contributed by atoms with E-state index in [1.54, 1.807) is 13.3 Å². The summed E-state index contributed by atoms with van der Waals surface area (Å²) in [5, 5.41) is 6.98. The molecule has 0 saturated carbocycles. The number of hydrogen-bond acceptors (Lipinski definition) is 7. The maximum Gasteiger partial charge on any atom is 0.167 e. The molecule has 0 radical (unpaired) electrons. The Kier molecular flexibility index (Phi) is 6.68. The second-order valence-corrected chi connectivity index (χ2v) is 8.67. The Balaban J connectivity index is 1.33. The van der Waals surface area contributed by atoms with Gasteiger partial charge in [0.25, 0.3) is 0 Å². The molecule has 0 unspecified atom stereocenters. The Morgan fingerprint density at radius 3 is 2.71 bits per heavy atom. The molecule has 1 aromatic carbocycles. The average Bonchev–Trinajstić information content (AvgIpc) is 3.39. The molecular formula is C24H28F2N6O2. The van der Waals surface area contributed by atoms with Gasteiger partial charge in [-0.1, -0.05) is 0 Å². The first-order valence-corrected chi connectivity index (χ1v) is 11.6. The first-order valence-electron chi connectivity index (χ1n) is 11.6. The van der Waals surface area contributed by atoms with Crippen molar-refractivity contribution in [2.45, 2.75) is 31.9 Å². The van der Waals surface area contributed by atoms with Crippen LogP contribution < -0.4 is 9.64 Å². The Hall–Kier alpha value is -3.11. The number of aromatic amines is 1. The van der Waals surface area contributed by atoms with Crippen molar-refractivity contribution < 1.29 is 18.3 Å². The van der Waals surface area contributed by atoms with Gasteiger partial charge in [0.2, 0.25) is 0 Å². The van der Waals surface area contributed by atoms with Crippen molar-refractivity contribution in [3.63, 3.8) is 0 Å². The number of nitrogens with zero attached hydrogens (tertiary/aromatic N) is 5. The van der Waals surface area contributed by atoms with Crippen LogP contribution in [0.3, 0.4) is 0 Å². The van der Waals surface area contributed by atoms with Gasteiger partial charge in [0.05, 0.1) is 24.2 Å². The van der Waals surface area contributed by atoms with Crippen molar-refractivity contribution in [2.24, 2.45) is 0 Å². The van der Waals surface area contributed by atoms with Crippen molar-refractivity contribution in [3.8, 4) is 17.0 Å². The van der Waals surface area contributed by atoms with E-state index in [4.69, 9.17) is 19.4 Å². The first-order chi connectivity index (χ1) is 16.6. The van der Waals surface area contributed by atoms with E-state index in [2.05, 4.69) is 20.0 Å². The molecule has 10 heteroatoms. The summed E-state index contributed by atoms with van der Waals surface area (Å²) in [5.41, 5.74) is 3.73. The lowest BCUT2D eigenvalue weighted by Gasteiger charge is -2.35. The fourth-order valence-electron chi connectivity index (χ4n) is 4.52. The van der Waals surface area contributed by atoms with Gasteiger partial charge in [-0.3, -0.25) is 10.00 Å². The molecule has 0 spiro atoms. The first kappa shape index (κ1) is 22.7. The molecule has 0 bridgehead atoms. The number of fused-ring (bicyclic) bond motifs is 1. The quantitative estimate of drug-likeness (QED) is 0.568. The predicted molar refractivity (Wildman–Crippen MR) is 123 cm³/mol. The highest BCUT2D eigenvalue weighted by Gasteiger charge is 2.28. The van der Waals surface area contributed by atoms with E-state index in [1.807, 2.05) is 6.20 Å². The number of rotatable bonds is 7. The SMILES string of the molecule is COCCN1CCc2nc(N3CCC(Oc4ccc(F)cc4F)CC3)c(-c3cn[nH]c3)nc2C1. The standard InChI is InChI=1S/C24H28F2N6O2/c1-33-11-10-31-7-6-20-21(15-31)29-23(16-13-27-28-14-16)24(30-20)32-8-4-18(5-9-32)34-22-3-2-17(25)12-19(22)26/h2-3,12-14,18H,4-11,15H2,1H3,(H,27,28). The van der Waals surface area contributed by atoms with E-state index in [1.165, 1.54) is 12.1 Å². The van der Waals surface area contributed by atoms with Crippen LogP contribution in [0.25, 0.3) is 11.3 Å². The zero-order valence-electron chi connectivity index (χ0n) is 19.1. The fraction of sp³-hybridized carbons (Fsp3) is 0.458. The third-order valence-corrected chi connectivity index (χ3v) is 6.38. The molecule has 3 aromatic rings. The number of H-pyrrole nitrogens is 1. The molecular weight excluding hydrogens is 442 g/mol. The average molecular weight is 471 g/mol. The Labute approximate surface area is 196 Å². The molecule has 34 heavy (non-hydrogen) atoms. The third-order valence-electron chi connectivity index (χ3n) is 6.38. The summed E-state index contributed by atoms with van der Waals surface area (Å²) in [7, 11) is 1.71. The number of benzene rings is 1. The van der Waals surface area contributed by atoms with Gasteiger partial charge >= 0.3 is 0 Å². The minimum Gasteiger partial charge on any atom is -0.487 e. The Morgan fingerprint density at radius 2 is 1.97 bits per heavy atom. The second kappa shape index (κ2) is 10.0. The van der Waals surface area contributed by atoms with E-state index in [0.29, 0.717) is 32.5 Å². The molecule has 8 nitrogen and oxygen atoms in total. The number of ether oxygens (including phenoxy) is 2. The van der Waals surface area contributed by atoms with Crippen LogP contribution in [-0.4, -0.2) is 71.1 Å². The van der Waals surface area contributed by atoms with Crippen LogP contribution in [0.2, 0.25) is 0 Å². The molecule has 1 fully saturated rings. The summed E-state index contributed by atoms with van der Waals surface area (Å²) in [6, 6.07) is 3.41. The number of anilines is 1. The van der Waals surface area contributed by atoms with Crippen LogP contribution in [0, 0.1) is 11.6 Å². The molecule has 2 aliphatic rings. The second-order valence-electron chi connectivity index (χ2n) is 8.67. The molecule has 0 aliphatic carbocycles. The van der Waals surface area contributed by atoms with Gasteiger partial charge in [-0.2, -0.15) is 5.10 Å². The number of piperidine rings is 1. The molecule has 5 rings (SSSR count). The zero-order chi connectivity index (χ0) is 23.5. The van der Waals surface area contributed by atoms with Crippen LogP contribution in [0.5, 0.6) is 5.75 Å². The topological polar surface area (TPSA) is 79.4 Å². The van der Waals surface area contributed by atoms with Crippen LogP contribution in [0.4, 0.5) is 14.6 Å². The smallest absolute Gasteiger partial charge is 0.167 e. The van der Waals surface area contributed by atoms with E-state index >= 15 is 0 Å². The number of hydrogen-bond donors (Lipinski definition) is 1. The molecule has 2 aromatic heterocycles. The lowest BCUT2D eigenvalue weighted by molar-refractivity contribution is 0.139. The fourth-order valence-corrected chi connectivity index (χ4v) is 4.52. The number of aromatic nitrogens is 4. The predicted octanol–water partition coefficient (Wildman–Crippen LogP) is 3.20. The molecule has 4 heterocycles. The molecule has 0 atom stereocenters. The number of methoxy groups -OCH3 is 1. The molecule has 1 saturated heterocycles. The molecule has 180 valence electrons. The maximum atomic E-state index is 14.0. The van der Waals surface area contributed by atoms with Crippen molar-refractivity contribution in [1.82, 2.24) is 25.1 Å². The van der Waals surface area contributed by atoms with Gasteiger partial charge in [-0.05, 0) is 12.1 Å². The normalized spacial score (nSPS) is 17.1. The van der Waals surface area contributed by atoms with Gasteiger partial charge in [-0.25, -0.2) is 18.7 Å². The van der Waals surface area contributed by atoms with Crippen LogP contribution in [-0.2, 0) is 17.7 Å². The van der Waals surface area contributed by atoms with Crippen molar-refractivity contribution in [2.75, 3.05) is 44.8 Å². The number of nitrogens with one attached hydrogen (secondary N) is 1. The highest BCUT2D eigenvalue weighted by molar-refractivity contribution is 5.71. The Bertz CT molecular complexity index is 1120. The summed E-state index contributed by atoms with van der Waals surface area (Å²) in [6.45, 7) is 4.62. The van der Waals surface area contributed by atoms with E-state index in [0.717, 1.165) is 60.6 Å². The minimum absolute atomic E-state index is 0.0885. The van der Waals surface area contributed by atoms with E-state index in [9.17, 15) is 8.78 Å². The lowest BCUT2D eigenvalue weighted by Crippen LogP contribution is -2.40. The summed E-state index contributed by atoms with van der Waals surface area (Å²) in [5.74, 6) is -0.355. The van der Waals surface area contributed by atoms with Crippen molar-refractivity contribution >= 4 is 5.82 Å². The van der Waals surface area contributed by atoms with Gasteiger partial charge in [-0.15, -0.1) is 0 Å². The largest absolute Gasteiger partial charge is 0.487 e. The molecule has 0 amide bonds. The van der Waals surface area contributed by atoms with E-state index < -0.39 is 11.6 Å². The summed E-state index contributed by atoms with van der Waals surface area (Å²) in [4.78, 5) is 14.6. The minimum atomic E-state index is -0.676. The zero-order valence-corrected chi connectivity index (χ0v) is 19.1. The maximum absolute atomic E-state index is 14.0. The van der Waals surface area contributed by atoms with Crippen molar-refractivity contribution in [1.29, 1.82) is 0 Å².